The number of methoxy groups -OCH3 is 1. The standard InChI is InChI=1S/C14H17FN2O3/c1-20-14(19)5-10-2-3-11(6-12(10)15)17-8-9(7-16)4-13(17)18/h2-3,6,9H,4-5,7-8,16H2,1H3. The minimum atomic E-state index is -0.517. The number of hydrogen-bond donors (Lipinski definition) is 1. The summed E-state index contributed by atoms with van der Waals surface area (Å²) in [5, 5.41) is 0. The van der Waals surface area contributed by atoms with Crippen molar-refractivity contribution in [1.82, 2.24) is 0 Å². The second-order valence-electron chi connectivity index (χ2n) is 4.84. The van der Waals surface area contributed by atoms with Crippen LogP contribution >= 0.6 is 0 Å². The molecule has 0 bridgehead atoms. The van der Waals surface area contributed by atoms with Crippen LogP contribution in [0.3, 0.4) is 0 Å². The third-order valence-corrected chi connectivity index (χ3v) is 3.45. The molecule has 0 aliphatic carbocycles. The van der Waals surface area contributed by atoms with E-state index in [0.717, 1.165) is 0 Å². The fourth-order valence-corrected chi connectivity index (χ4v) is 2.26. The maximum atomic E-state index is 13.9. The van der Waals surface area contributed by atoms with E-state index in [1.165, 1.54) is 24.1 Å². The highest BCUT2D eigenvalue weighted by atomic mass is 19.1. The number of carbonyl (C=O) groups is 2. The highest BCUT2D eigenvalue weighted by molar-refractivity contribution is 5.95. The topological polar surface area (TPSA) is 72.6 Å². The van der Waals surface area contributed by atoms with Crippen LogP contribution in [0.4, 0.5) is 10.1 Å². The van der Waals surface area contributed by atoms with Crippen LogP contribution in [-0.4, -0.2) is 32.1 Å². The van der Waals surface area contributed by atoms with Crippen molar-refractivity contribution in [2.45, 2.75) is 12.8 Å². The minimum absolute atomic E-state index is 0.0550. The lowest BCUT2D eigenvalue weighted by molar-refractivity contribution is -0.139. The van der Waals surface area contributed by atoms with Crippen LogP contribution in [0.25, 0.3) is 0 Å². The molecule has 1 heterocycles. The molecule has 1 aliphatic rings. The molecule has 0 aromatic heterocycles. The highest BCUT2D eigenvalue weighted by Gasteiger charge is 2.30. The number of esters is 1. The molecule has 1 saturated heterocycles. The first-order valence-electron chi connectivity index (χ1n) is 6.40. The van der Waals surface area contributed by atoms with Crippen LogP contribution in [0.1, 0.15) is 12.0 Å². The van der Waals surface area contributed by atoms with E-state index in [4.69, 9.17) is 5.73 Å². The smallest absolute Gasteiger partial charge is 0.310 e. The van der Waals surface area contributed by atoms with E-state index in [1.54, 1.807) is 6.07 Å². The second kappa shape index (κ2) is 6.00. The zero-order valence-corrected chi connectivity index (χ0v) is 11.3. The molecule has 1 aliphatic heterocycles. The third-order valence-electron chi connectivity index (χ3n) is 3.45. The van der Waals surface area contributed by atoms with Gasteiger partial charge in [-0.15, -0.1) is 0 Å². The molecule has 1 amide bonds. The molecular weight excluding hydrogens is 263 g/mol. The normalized spacial score (nSPS) is 18.4. The van der Waals surface area contributed by atoms with Crippen molar-refractivity contribution in [1.29, 1.82) is 0 Å². The average molecular weight is 280 g/mol. The van der Waals surface area contributed by atoms with Crippen LogP contribution in [0, 0.1) is 11.7 Å². The Bertz CT molecular complexity index is 533. The number of benzene rings is 1. The summed E-state index contributed by atoms with van der Waals surface area (Å²) in [5.41, 5.74) is 6.31. The van der Waals surface area contributed by atoms with E-state index in [0.29, 0.717) is 25.2 Å². The lowest BCUT2D eigenvalue weighted by Crippen LogP contribution is -2.25. The molecule has 0 spiro atoms. The fourth-order valence-electron chi connectivity index (χ4n) is 2.26. The summed E-state index contributed by atoms with van der Waals surface area (Å²) >= 11 is 0. The minimum Gasteiger partial charge on any atom is -0.469 e. The molecule has 5 nitrogen and oxygen atoms in total. The molecule has 1 unspecified atom stereocenters. The quantitative estimate of drug-likeness (QED) is 0.830. The van der Waals surface area contributed by atoms with Crippen LogP contribution < -0.4 is 10.6 Å². The second-order valence-corrected chi connectivity index (χ2v) is 4.84. The SMILES string of the molecule is COC(=O)Cc1ccc(N2CC(CN)CC2=O)cc1F. The van der Waals surface area contributed by atoms with Crippen molar-refractivity contribution in [2.24, 2.45) is 11.7 Å². The molecule has 1 aromatic carbocycles. The van der Waals surface area contributed by atoms with Crippen LogP contribution in [0.15, 0.2) is 18.2 Å². The van der Waals surface area contributed by atoms with Crippen LogP contribution in [0.2, 0.25) is 0 Å². The van der Waals surface area contributed by atoms with E-state index in [1.807, 2.05) is 0 Å². The number of halogens is 1. The number of amides is 1. The summed E-state index contributed by atoms with van der Waals surface area (Å²) < 4.78 is 18.4. The lowest BCUT2D eigenvalue weighted by Gasteiger charge is -2.17. The Morgan fingerprint density at radius 3 is 2.85 bits per heavy atom. The highest BCUT2D eigenvalue weighted by Crippen LogP contribution is 2.26. The van der Waals surface area contributed by atoms with Gasteiger partial charge in [-0.2, -0.15) is 0 Å². The molecule has 2 rings (SSSR count). The number of carbonyl (C=O) groups excluding carboxylic acids is 2. The number of nitrogens with zero attached hydrogens (tertiary/aromatic N) is 1. The Balaban J connectivity index is 2.17. The van der Waals surface area contributed by atoms with Gasteiger partial charge in [-0.05, 0) is 30.2 Å². The summed E-state index contributed by atoms with van der Waals surface area (Å²) in [5.74, 6) is -0.963. The number of rotatable bonds is 4. The van der Waals surface area contributed by atoms with Gasteiger partial charge in [0, 0.05) is 18.7 Å². The summed E-state index contributed by atoms with van der Waals surface area (Å²) in [6, 6.07) is 4.41. The molecule has 6 heteroatoms. The summed E-state index contributed by atoms with van der Waals surface area (Å²) in [4.78, 5) is 24.5. The van der Waals surface area contributed by atoms with E-state index in [-0.39, 0.29) is 23.8 Å². The van der Waals surface area contributed by atoms with Crippen molar-refractivity contribution < 1.29 is 18.7 Å². The van der Waals surface area contributed by atoms with Gasteiger partial charge in [-0.3, -0.25) is 9.59 Å². The molecule has 108 valence electrons. The van der Waals surface area contributed by atoms with Crippen molar-refractivity contribution in [3.8, 4) is 0 Å². The number of hydrogen-bond acceptors (Lipinski definition) is 4. The zero-order valence-electron chi connectivity index (χ0n) is 11.3. The summed E-state index contributed by atoms with van der Waals surface area (Å²) in [6.45, 7) is 0.941. The van der Waals surface area contributed by atoms with Gasteiger partial charge in [0.15, 0.2) is 0 Å². The first-order valence-corrected chi connectivity index (χ1v) is 6.40. The number of anilines is 1. The van der Waals surface area contributed by atoms with Crippen LogP contribution in [0.5, 0.6) is 0 Å². The molecule has 0 radical (unpaired) electrons. The third kappa shape index (κ3) is 2.96. The predicted octanol–water partition coefficient (Wildman–Crippen LogP) is 0.853. The Labute approximate surface area is 116 Å². The number of ether oxygens (including phenoxy) is 1. The van der Waals surface area contributed by atoms with Crippen molar-refractivity contribution >= 4 is 17.6 Å². The van der Waals surface area contributed by atoms with Gasteiger partial charge in [0.05, 0.1) is 13.5 Å². The first-order chi connectivity index (χ1) is 9.55. The Hall–Kier alpha value is -1.95. The van der Waals surface area contributed by atoms with Gasteiger partial charge in [-0.25, -0.2) is 4.39 Å². The molecule has 20 heavy (non-hydrogen) atoms. The van der Waals surface area contributed by atoms with Gasteiger partial charge < -0.3 is 15.4 Å². The van der Waals surface area contributed by atoms with E-state index >= 15 is 0 Å². The monoisotopic (exact) mass is 280 g/mol. The predicted molar refractivity (Wildman–Crippen MR) is 71.6 cm³/mol. The zero-order chi connectivity index (χ0) is 14.7. The lowest BCUT2D eigenvalue weighted by atomic mass is 10.1. The maximum Gasteiger partial charge on any atom is 0.310 e. The van der Waals surface area contributed by atoms with Gasteiger partial charge in [0.25, 0.3) is 0 Å². The van der Waals surface area contributed by atoms with Crippen LogP contribution in [-0.2, 0) is 20.7 Å². The molecular formula is C14H17FN2O3. The molecule has 2 N–H and O–H groups in total. The van der Waals surface area contributed by atoms with Crippen molar-refractivity contribution in [2.75, 3.05) is 25.1 Å². The van der Waals surface area contributed by atoms with Gasteiger partial charge in [0.1, 0.15) is 5.82 Å². The number of nitrogens with two attached hydrogens (primary N) is 1. The van der Waals surface area contributed by atoms with E-state index in [9.17, 15) is 14.0 Å². The van der Waals surface area contributed by atoms with Crippen molar-refractivity contribution in [3.05, 3.63) is 29.6 Å². The first kappa shape index (κ1) is 14.5. The van der Waals surface area contributed by atoms with Crippen molar-refractivity contribution in [3.63, 3.8) is 0 Å². The molecule has 0 saturated carbocycles. The van der Waals surface area contributed by atoms with Gasteiger partial charge in [-0.1, -0.05) is 6.07 Å². The van der Waals surface area contributed by atoms with Gasteiger partial charge in [0.2, 0.25) is 5.91 Å². The van der Waals surface area contributed by atoms with Gasteiger partial charge >= 0.3 is 5.97 Å². The largest absolute Gasteiger partial charge is 0.469 e. The Morgan fingerprint density at radius 2 is 2.30 bits per heavy atom. The summed E-state index contributed by atoms with van der Waals surface area (Å²) in [6.07, 6.45) is 0.268. The Morgan fingerprint density at radius 1 is 1.55 bits per heavy atom. The van der Waals surface area contributed by atoms with E-state index < -0.39 is 11.8 Å². The molecule has 1 aromatic rings. The van der Waals surface area contributed by atoms with E-state index in [2.05, 4.69) is 4.74 Å². The molecule has 1 atom stereocenters. The average Bonchev–Trinajstić information content (AvgIpc) is 2.82. The Kier molecular flexibility index (Phi) is 4.34. The molecule has 1 fully saturated rings. The fraction of sp³-hybridized carbons (Fsp3) is 0.429. The summed E-state index contributed by atoms with van der Waals surface area (Å²) in [7, 11) is 1.25. The maximum absolute atomic E-state index is 13.9.